The zero-order valence-electron chi connectivity index (χ0n) is 44.6. The molecule has 0 aromatic heterocycles. The molecule has 378 valence electrons. The highest BCUT2D eigenvalue weighted by Crippen LogP contribution is 2.55. The number of aliphatic hydroxyl groups is 2. The molecule has 2 nitrogen and oxygen atoms in total. The van der Waals surface area contributed by atoms with Crippen LogP contribution in [0.5, 0.6) is 0 Å². The lowest BCUT2D eigenvalue weighted by Gasteiger charge is -2.27. The minimum atomic E-state index is -1.37. The highest BCUT2D eigenvalue weighted by molar-refractivity contribution is 5.91. The Morgan fingerprint density at radius 3 is 0.975 bits per heavy atom. The van der Waals surface area contributed by atoms with E-state index in [1.807, 2.05) is 0 Å². The van der Waals surface area contributed by atoms with Crippen molar-refractivity contribution in [3.05, 3.63) is 322 Å². The van der Waals surface area contributed by atoms with E-state index in [0.717, 1.165) is 124 Å². The van der Waals surface area contributed by atoms with Crippen molar-refractivity contribution in [2.75, 3.05) is 0 Å². The van der Waals surface area contributed by atoms with E-state index in [-0.39, 0.29) is 0 Å². The van der Waals surface area contributed by atoms with E-state index in [1.54, 1.807) is 0 Å². The second-order valence-corrected chi connectivity index (χ2v) is 22.8. The Bertz CT molecular complexity index is 4540. The van der Waals surface area contributed by atoms with Gasteiger partial charge in [-0.15, -0.1) is 0 Å². The molecule has 0 saturated carbocycles. The van der Waals surface area contributed by atoms with Gasteiger partial charge in [0.05, 0.1) is 0 Å². The van der Waals surface area contributed by atoms with E-state index >= 15 is 0 Å². The Hall–Kier alpha value is -9.44. The molecule has 0 heterocycles. The molecule has 16 rings (SSSR count). The van der Waals surface area contributed by atoms with Crippen LogP contribution in [-0.2, 0) is 24.0 Å². The third-order valence-electron chi connectivity index (χ3n) is 18.2. The lowest BCUT2D eigenvalue weighted by Crippen LogP contribution is -2.26. The molecular weight excluding hydrogens is 969 g/mol. The maximum atomic E-state index is 13.4. The number of hydrogen-bond donors (Lipinski definition) is 2. The van der Waals surface area contributed by atoms with Crippen molar-refractivity contribution in [2.45, 2.75) is 37.9 Å². The average Bonchev–Trinajstić information content (AvgIpc) is 4.35. The highest BCUT2D eigenvalue weighted by atomic mass is 16.3. The number of benzene rings is 12. The first-order chi connectivity index (χ1) is 39.1. The Morgan fingerprint density at radius 2 is 0.537 bits per heavy atom. The summed E-state index contributed by atoms with van der Waals surface area (Å²) in [5, 5.41) is 26.6. The molecule has 2 heteroatoms. The minimum Gasteiger partial charge on any atom is -0.376 e. The first kappa shape index (κ1) is 46.6. The Morgan fingerprint density at radius 1 is 0.237 bits per heavy atom. The molecule has 0 bridgehead atoms. The molecular formula is C78H54O2. The molecule has 12 aromatic carbocycles. The fraction of sp³-hybridized carbons (Fsp3) is 0.0769. The van der Waals surface area contributed by atoms with E-state index in [1.165, 1.54) is 55.6 Å². The second-order valence-electron chi connectivity index (χ2n) is 22.8. The summed E-state index contributed by atoms with van der Waals surface area (Å²) in [6.07, 6.45) is 1.95. The number of fused-ring (bicyclic) bond motifs is 12. The van der Waals surface area contributed by atoms with Gasteiger partial charge in [0.25, 0.3) is 0 Å². The molecule has 0 aliphatic heterocycles. The van der Waals surface area contributed by atoms with Gasteiger partial charge in [-0.3, -0.25) is 0 Å². The second kappa shape index (κ2) is 17.5. The van der Waals surface area contributed by atoms with Gasteiger partial charge in [-0.2, -0.15) is 0 Å². The Kier molecular flexibility index (Phi) is 10.2. The monoisotopic (exact) mass is 1020 g/mol. The minimum absolute atomic E-state index is 0.847. The molecule has 4 aliphatic rings. The Balaban J connectivity index is 0.722. The number of hydrogen-bond acceptors (Lipinski definition) is 2. The van der Waals surface area contributed by atoms with Crippen LogP contribution >= 0.6 is 0 Å². The first-order valence-corrected chi connectivity index (χ1v) is 28.0. The summed E-state index contributed by atoms with van der Waals surface area (Å²) >= 11 is 0. The van der Waals surface area contributed by atoms with Gasteiger partial charge in [0.1, 0.15) is 11.2 Å². The summed E-state index contributed by atoms with van der Waals surface area (Å²) in [4.78, 5) is 0. The summed E-state index contributed by atoms with van der Waals surface area (Å²) in [7, 11) is 0. The standard InChI is InChI=1S/C78H54O2/c1-47-11-31-63(32-12-47)77(79)73-38-30-54(43-72(73)69-37-29-58(46-76(69)77)55-24-26-62-40-60-8-4-6-10-66(60)71(62)42-55)50-17-21-52(22-18-50)57-28-36-68-67-35-27-56(44-74(67)78(80,75(68)45-57)64-33-13-48(2)14-34-64)51-19-15-49(16-20-51)53-23-25-61-39-59-7-3-5-9-65(59)70(61)41-53/h3-38,41-46,79-80H,39-40H2,1-2H3. The van der Waals surface area contributed by atoms with Crippen molar-refractivity contribution >= 4 is 0 Å². The molecule has 2 unspecified atom stereocenters. The van der Waals surface area contributed by atoms with E-state index < -0.39 is 11.2 Å². The van der Waals surface area contributed by atoms with Crippen LogP contribution in [0.2, 0.25) is 0 Å². The maximum absolute atomic E-state index is 13.4. The summed E-state index contributed by atoms with van der Waals surface area (Å²) in [5.41, 5.74) is 30.8. The third kappa shape index (κ3) is 7.06. The van der Waals surface area contributed by atoms with E-state index in [2.05, 4.69) is 269 Å². The van der Waals surface area contributed by atoms with Crippen molar-refractivity contribution in [2.24, 2.45) is 0 Å². The number of rotatable bonds is 7. The summed E-state index contributed by atoms with van der Waals surface area (Å²) in [6.45, 7) is 4.18. The smallest absolute Gasteiger partial charge is 0.141 e. The first-order valence-electron chi connectivity index (χ1n) is 28.0. The quantitative estimate of drug-likeness (QED) is 0.167. The van der Waals surface area contributed by atoms with Gasteiger partial charge in [-0.25, -0.2) is 0 Å². The van der Waals surface area contributed by atoms with Crippen LogP contribution in [0.3, 0.4) is 0 Å². The van der Waals surface area contributed by atoms with Gasteiger partial charge in [0.15, 0.2) is 0 Å². The van der Waals surface area contributed by atoms with Gasteiger partial charge in [-0.1, -0.05) is 230 Å². The van der Waals surface area contributed by atoms with Crippen molar-refractivity contribution in [1.29, 1.82) is 0 Å². The molecule has 80 heavy (non-hydrogen) atoms. The van der Waals surface area contributed by atoms with E-state index in [4.69, 9.17) is 0 Å². The average molecular weight is 1020 g/mol. The largest absolute Gasteiger partial charge is 0.376 e. The van der Waals surface area contributed by atoms with Crippen molar-refractivity contribution in [1.82, 2.24) is 0 Å². The number of aryl methyl sites for hydroxylation is 2. The molecule has 2 atom stereocenters. The third-order valence-corrected chi connectivity index (χ3v) is 18.2. The zero-order chi connectivity index (χ0) is 53.4. The van der Waals surface area contributed by atoms with Crippen molar-refractivity contribution in [3.8, 4) is 100 Å². The lowest BCUT2D eigenvalue weighted by atomic mass is 9.82. The maximum Gasteiger partial charge on any atom is 0.141 e. The van der Waals surface area contributed by atoms with Crippen LogP contribution in [-0.4, -0.2) is 10.2 Å². The SMILES string of the molecule is Cc1ccc(C2(O)c3ccc(-c4ccc(-c5ccc6c(c5)C(O)(c5ccc(C)cc5)c5cc(-c7ccc(-c8ccc9c(c8)-c8ccccc8C9)cc7)ccc5-6)cc4)cc3-c3ccc(-c4ccc5c(c4)-c4ccccc4C5)cc32)cc1. The fourth-order valence-corrected chi connectivity index (χ4v) is 13.9. The highest BCUT2D eigenvalue weighted by Gasteiger charge is 2.45. The van der Waals surface area contributed by atoms with Gasteiger partial charge in [0.2, 0.25) is 0 Å². The van der Waals surface area contributed by atoms with Gasteiger partial charge in [0, 0.05) is 22.3 Å². The molecule has 0 spiro atoms. The van der Waals surface area contributed by atoms with Crippen LogP contribution in [0, 0.1) is 13.8 Å². The van der Waals surface area contributed by atoms with Crippen LogP contribution in [0.15, 0.2) is 255 Å². The fourth-order valence-electron chi connectivity index (χ4n) is 13.9. The zero-order valence-corrected chi connectivity index (χ0v) is 44.6. The van der Waals surface area contributed by atoms with E-state index in [0.29, 0.717) is 0 Å². The molecule has 2 N–H and O–H groups in total. The van der Waals surface area contributed by atoms with Crippen LogP contribution in [0.1, 0.15) is 66.8 Å². The van der Waals surface area contributed by atoms with Crippen molar-refractivity contribution in [3.63, 3.8) is 0 Å². The lowest BCUT2D eigenvalue weighted by molar-refractivity contribution is 0.130. The van der Waals surface area contributed by atoms with Gasteiger partial charge >= 0.3 is 0 Å². The van der Waals surface area contributed by atoms with Crippen molar-refractivity contribution < 1.29 is 10.2 Å². The molecule has 4 aliphatic carbocycles. The van der Waals surface area contributed by atoms with Crippen LogP contribution < -0.4 is 0 Å². The normalized spacial score (nSPS) is 16.5. The van der Waals surface area contributed by atoms with Gasteiger partial charge in [-0.05, 0) is 197 Å². The predicted molar refractivity (Wildman–Crippen MR) is 328 cm³/mol. The van der Waals surface area contributed by atoms with Gasteiger partial charge < -0.3 is 10.2 Å². The summed E-state index contributed by atoms with van der Waals surface area (Å²) in [6, 6.07) is 91.9. The Labute approximate surface area is 467 Å². The molecule has 0 fully saturated rings. The molecule has 12 aromatic rings. The predicted octanol–water partition coefficient (Wildman–Crippen LogP) is 18.3. The summed E-state index contributed by atoms with van der Waals surface area (Å²) in [5.74, 6) is 0. The van der Waals surface area contributed by atoms with E-state index in [9.17, 15) is 10.2 Å². The van der Waals surface area contributed by atoms with Crippen LogP contribution in [0.25, 0.3) is 100 Å². The molecule has 0 radical (unpaired) electrons. The topological polar surface area (TPSA) is 40.5 Å². The molecule has 0 saturated heterocycles. The van der Waals surface area contributed by atoms with Crippen LogP contribution in [0.4, 0.5) is 0 Å². The summed E-state index contributed by atoms with van der Waals surface area (Å²) < 4.78 is 0. The molecule has 0 amide bonds.